The van der Waals surface area contributed by atoms with E-state index in [0.29, 0.717) is 28.2 Å². The standard InChI is InChI=1S/C25H21F3N4O4/c1-34-18-5-3-4-17(10-18)32-24-19-11-22(21(35-2)12-20(19)29-14-30-24)36-13-23(33)31-16-8-6-15(7-9-16)25(26,27)28/h3-12,14H,13H2,1-2H3,(H,31,33)(H,29,30,32). The Bertz CT molecular complexity index is 1380. The second-order valence-electron chi connectivity index (χ2n) is 7.51. The van der Waals surface area contributed by atoms with Crippen LogP contribution < -0.4 is 24.8 Å². The number of methoxy groups -OCH3 is 2. The minimum Gasteiger partial charge on any atom is -0.497 e. The van der Waals surface area contributed by atoms with Crippen LogP contribution in [0, 0.1) is 0 Å². The summed E-state index contributed by atoms with van der Waals surface area (Å²) >= 11 is 0. The van der Waals surface area contributed by atoms with Crippen molar-refractivity contribution in [1.29, 1.82) is 0 Å². The van der Waals surface area contributed by atoms with Gasteiger partial charge in [0.2, 0.25) is 0 Å². The molecule has 0 unspecified atom stereocenters. The molecule has 3 aromatic carbocycles. The van der Waals surface area contributed by atoms with Gasteiger partial charge in [0.1, 0.15) is 17.9 Å². The molecular formula is C25H21F3N4O4. The third-order valence-electron chi connectivity index (χ3n) is 5.11. The van der Waals surface area contributed by atoms with Crippen LogP contribution in [0.1, 0.15) is 5.56 Å². The summed E-state index contributed by atoms with van der Waals surface area (Å²) in [5.41, 5.74) is 0.718. The number of carbonyl (C=O) groups excluding carboxylic acids is 1. The van der Waals surface area contributed by atoms with Gasteiger partial charge in [0.25, 0.3) is 5.91 Å². The SMILES string of the molecule is COc1cccc(Nc2ncnc3cc(OC)c(OCC(=O)Nc4ccc(C(F)(F)F)cc4)cc23)c1. The van der Waals surface area contributed by atoms with Gasteiger partial charge in [0.05, 0.1) is 25.3 Å². The average Bonchev–Trinajstić information content (AvgIpc) is 2.87. The van der Waals surface area contributed by atoms with E-state index in [-0.39, 0.29) is 11.4 Å². The number of hydrogen-bond acceptors (Lipinski definition) is 7. The number of ether oxygens (including phenoxy) is 3. The number of alkyl halides is 3. The highest BCUT2D eigenvalue weighted by atomic mass is 19.4. The first-order valence-electron chi connectivity index (χ1n) is 10.6. The number of carbonyl (C=O) groups is 1. The van der Waals surface area contributed by atoms with Crippen molar-refractivity contribution in [2.45, 2.75) is 6.18 Å². The van der Waals surface area contributed by atoms with Crippen LogP contribution >= 0.6 is 0 Å². The molecule has 0 saturated carbocycles. The molecule has 1 heterocycles. The predicted octanol–water partition coefficient (Wildman–Crippen LogP) is 5.43. The molecule has 0 aliphatic rings. The molecule has 4 rings (SSSR count). The van der Waals surface area contributed by atoms with Gasteiger partial charge in [-0.2, -0.15) is 13.2 Å². The van der Waals surface area contributed by atoms with Crippen LogP contribution in [-0.4, -0.2) is 36.7 Å². The number of anilines is 3. The van der Waals surface area contributed by atoms with Crippen molar-refractivity contribution in [1.82, 2.24) is 9.97 Å². The van der Waals surface area contributed by atoms with E-state index in [0.717, 1.165) is 17.8 Å². The van der Waals surface area contributed by atoms with Crippen LogP contribution in [0.2, 0.25) is 0 Å². The van der Waals surface area contributed by atoms with Crippen molar-refractivity contribution in [2.24, 2.45) is 0 Å². The monoisotopic (exact) mass is 498 g/mol. The van der Waals surface area contributed by atoms with E-state index in [9.17, 15) is 18.0 Å². The molecule has 36 heavy (non-hydrogen) atoms. The van der Waals surface area contributed by atoms with Gasteiger partial charge in [-0.15, -0.1) is 0 Å². The highest BCUT2D eigenvalue weighted by Gasteiger charge is 2.30. The summed E-state index contributed by atoms with van der Waals surface area (Å²) in [7, 11) is 3.02. The van der Waals surface area contributed by atoms with Crippen LogP contribution in [0.4, 0.5) is 30.4 Å². The Hall–Kier alpha value is -4.54. The fraction of sp³-hybridized carbons (Fsp3) is 0.160. The maximum Gasteiger partial charge on any atom is 0.416 e. The highest BCUT2D eigenvalue weighted by molar-refractivity contribution is 5.94. The quantitative estimate of drug-likeness (QED) is 0.335. The number of halogens is 3. The number of rotatable bonds is 8. The summed E-state index contributed by atoms with van der Waals surface area (Å²) in [6.45, 7) is -0.408. The van der Waals surface area contributed by atoms with Gasteiger partial charge in [0.15, 0.2) is 18.1 Å². The minimum absolute atomic E-state index is 0.209. The number of nitrogens with zero attached hydrogens (tertiary/aromatic N) is 2. The third-order valence-corrected chi connectivity index (χ3v) is 5.11. The number of amides is 1. The van der Waals surface area contributed by atoms with Crippen LogP contribution in [-0.2, 0) is 11.0 Å². The van der Waals surface area contributed by atoms with Gasteiger partial charge >= 0.3 is 6.18 Å². The van der Waals surface area contributed by atoms with E-state index in [1.54, 1.807) is 25.3 Å². The van der Waals surface area contributed by atoms with E-state index in [4.69, 9.17) is 14.2 Å². The Balaban J connectivity index is 1.51. The maximum absolute atomic E-state index is 12.7. The first kappa shape index (κ1) is 24.6. The van der Waals surface area contributed by atoms with Gasteiger partial charge in [-0.1, -0.05) is 6.07 Å². The second kappa shape index (κ2) is 10.4. The zero-order valence-electron chi connectivity index (χ0n) is 19.2. The highest BCUT2D eigenvalue weighted by Crippen LogP contribution is 2.35. The van der Waals surface area contributed by atoms with E-state index in [2.05, 4.69) is 20.6 Å². The lowest BCUT2D eigenvalue weighted by Gasteiger charge is -2.14. The molecule has 0 fully saturated rings. The third kappa shape index (κ3) is 5.74. The minimum atomic E-state index is -4.46. The first-order valence-corrected chi connectivity index (χ1v) is 10.6. The molecule has 0 radical (unpaired) electrons. The summed E-state index contributed by atoms with van der Waals surface area (Å²) in [6.07, 6.45) is -3.05. The van der Waals surface area contributed by atoms with Gasteiger partial charge in [-0.25, -0.2) is 9.97 Å². The summed E-state index contributed by atoms with van der Waals surface area (Å²) in [6, 6.07) is 14.7. The molecular weight excluding hydrogens is 477 g/mol. The molecule has 11 heteroatoms. The van der Waals surface area contributed by atoms with E-state index >= 15 is 0 Å². The summed E-state index contributed by atoms with van der Waals surface area (Å²) in [4.78, 5) is 20.9. The number of benzene rings is 3. The topological polar surface area (TPSA) is 94.6 Å². The van der Waals surface area contributed by atoms with Gasteiger partial charge in [-0.3, -0.25) is 4.79 Å². The van der Waals surface area contributed by atoms with Crippen molar-refractivity contribution in [3.05, 3.63) is 72.6 Å². The molecule has 2 N–H and O–H groups in total. The number of hydrogen-bond donors (Lipinski definition) is 2. The molecule has 0 aliphatic carbocycles. The Morgan fingerprint density at radius 2 is 1.69 bits per heavy atom. The largest absolute Gasteiger partial charge is 0.497 e. The van der Waals surface area contributed by atoms with Crippen LogP contribution in [0.3, 0.4) is 0 Å². The number of nitrogens with one attached hydrogen (secondary N) is 2. The van der Waals surface area contributed by atoms with Crippen molar-refractivity contribution in [3.63, 3.8) is 0 Å². The maximum atomic E-state index is 12.7. The normalized spacial score (nSPS) is 11.1. The first-order chi connectivity index (χ1) is 17.3. The lowest BCUT2D eigenvalue weighted by Crippen LogP contribution is -2.20. The van der Waals surface area contributed by atoms with Gasteiger partial charge in [-0.05, 0) is 42.5 Å². The molecule has 186 valence electrons. The molecule has 0 bridgehead atoms. The van der Waals surface area contributed by atoms with Crippen molar-refractivity contribution in [2.75, 3.05) is 31.5 Å². The van der Waals surface area contributed by atoms with E-state index < -0.39 is 24.3 Å². The molecule has 1 aromatic heterocycles. The molecule has 0 atom stereocenters. The fourth-order valence-electron chi connectivity index (χ4n) is 3.36. The average molecular weight is 498 g/mol. The summed E-state index contributed by atoms with van der Waals surface area (Å²) in [5, 5.41) is 6.32. The summed E-state index contributed by atoms with van der Waals surface area (Å²) < 4.78 is 54.5. The molecule has 0 aliphatic heterocycles. The van der Waals surface area contributed by atoms with E-state index in [1.807, 2.05) is 18.2 Å². The van der Waals surface area contributed by atoms with Crippen LogP contribution in [0.25, 0.3) is 10.9 Å². The molecule has 0 saturated heterocycles. The van der Waals surface area contributed by atoms with Crippen LogP contribution in [0.15, 0.2) is 67.0 Å². The Kier molecular flexibility index (Phi) is 7.09. The molecule has 4 aromatic rings. The molecule has 8 nitrogen and oxygen atoms in total. The number of aromatic nitrogens is 2. The lowest BCUT2D eigenvalue weighted by molar-refractivity contribution is -0.137. The predicted molar refractivity (Wildman–Crippen MR) is 128 cm³/mol. The zero-order valence-corrected chi connectivity index (χ0v) is 19.2. The summed E-state index contributed by atoms with van der Waals surface area (Å²) in [5.74, 6) is 1.21. The molecule has 0 spiro atoms. The van der Waals surface area contributed by atoms with Crippen LogP contribution in [0.5, 0.6) is 17.2 Å². The van der Waals surface area contributed by atoms with Crippen molar-refractivity contribution in [3.8, 4) is 17.2 Å². The Morgan fingerprint density at radius 3 is 2.39 bits per heavy atom. The molecule has 1 amide bonds. The fourth-order valence-corrected chi connectivity index (χ4v) is 3.36. The van der Waals surface area contributed by atoms with Gasteiger partial charge < -0.3 is 24.8 Å². The second-order valence-corrected chi connectivity index (χ2v) is 7.51. The van der Waals surface area contributed by atoms with Crippen molar-refractivity contribution < 1.29 is 32.2 Å². The number of fused-ring (bicyclic) bond motifs is 1. The Morgan fingerprint density at radius 1 is 0.917 bits per heavy atom. The smallest absolute Gasteiger partial charge is 0.416 e. The zero-order chi connectivity index (χ0) is 25.7. The Labute approximate surface area is 204 Å². The van der Waals surface area contributed by atoms with Crippen molar-refractivity contribution >= 4 is 34.0 Å². The lowest BCUT2D eigenvalue weighted by atomic mass is 10.2. The van der Waals surface area contributed by atoms with Gasteiger partial charge in [0, 0.05) is 28.9 Å². The van der Waals surface area contributed by atoms with E-state index in [1.165, 1.54) is 25.6 Å².